The molecule has 1 fully saturated rings. The number of halogens is 2. The number of carbonyl (C=O) groups is 1. The summed E-state index contributed by atoms with van der Waals surface area (Å²) in [6.45, 7) is 0.445. The third-order valence-electron chi connectivity index (χ3n) is 8.43. The number of nitrogens with zero attached hydrogens (tertiary/aromatic N) is 3. The molecule has 9 nitrogen and oxygen atoms in total. The van der Waals surface area contributed by atoms with Crippen LogP contribution in [0.15, 0.2) is 67.0 Å². The van der Waals surface area contributed by atoms with Crippen molar-refractivity contribution in [2.45, 2.75) is 50.7 Å². The Hall–Kier alpha value is -4.69. The van der Waals surface area contributed by atoms with Crippen LogP contribution in [0.4, 0.5) is 4.39 Å². The number of likely N-dealkylation sites (tertiary alicyclic amines) is 1. The van der Waals surface area contributed by atoms with Gasteiger partial charge in [0.15, 0.2) is 11.6 Å². The molecule has 1 saturated heterocycles. The van der Waals surface area contributed by atoms with Crippen LogP contribution in [-0.2, 0) is 24.4 Å². The van der Waals surface area contributed by atoms with Crippen LogP contribution in [0.1, 0.15) is 46.8 Å². The number of carboxylic acids is 1. The topological polar surface area (TPSA) is 125 Å². The van der Waals surface area contributed by atoms with Crippen LogP contribution in [0.5, 0.6) is 17.2 Å². The van der Waals surface area contributed by atoms with E-state index in [2.05, 4.69) is 11.1 Å². The first-order chi connectivity index (χ1) is 22.2. The molecular weight excluding hydrogens is 613 g/mol. The highest BCUT2D eigenvalue weighted by atomic mass is 35.5. The number of pyridine rings is 1. The van der Waals surface area contributed by atoms with Crippen molar-refractivity contribution in [2.24, 2.45) is 0 Å². The van der Waals surface area contributed by atoms with E-state index in [9.17, 15) is 20.3 Å². The second kappa shape index (κ2) is 13.3. The van der Waals surface area contributed by atoms with Crippen LogP contribution in [0.25, 0.3) is 11.1 Å². The summed E-state index contributed by atoms with van der Waals surface area (Å²) in [5.41, 5.74) is 4.83. The number of fused-ring (bicyclic) bond motifs is 1. The summed E-state index contributed by atoms with van der Waals surface area (Å²) < 4.78 is 33.1. The fourth-order valence-corrected chi connectivity index (χ4v) is 6.49. The van der Waals surface area contributed by atoms with Crippen molar-refractivity contribution in [3.63, 3.8) is 0 Å². The first-order valence-corrected chi connectivity index (χ1v) is 15.2. The Bertz CT molecular complexity index is 1830. The quantitative estimate of drug-likeness (QED) is 0.211. The van der Waals surface area contributed by atoms with Gasteiger partial charge in [-0.25, -0.2) is 4.39 Å². The Kier molecular flexibility index (Phi) is 9.08. The lowest BCUT2D eigenvalue weighted by molar-refractivity contribution is -0.142. The Morgan fingerprint density at radius 2 is 1.93 bits per heavy atom. The van der Waals surface area contributed by atoms with E-state index in [1.807, 2.05) is 18.2 Å². The molecule has 1 aromatic heterocycles. The molecule has 6 rings (SSSR count). The smallest absolute Gasteiger partial charge is 0.321 e. The van der Waals surface area contributed by atoms with Crippen LogP contribution in [0, 0.1) is 17.1 Å². The van der Waals surface area contributed by atoms with Gasteiger partial charge in [0.25, 0.3) is 0 Å². The number of aromatic nitrogens is 1. The summed E-state index contributed by atoms with van der Waals surface area (Å²) in [6, 6.07) is 17.1. The normalized spacial score (nSPS) is 19.0. The van der Waals surface area contributed by atoms with Crippen molar-refractivity contribution >= 4 is 17.6 Å². The summed E-state index contributed by atoms with van der Waals surface area (Å²) in [6.07, 6.45) is 3.37. The molecule has 0 saturated carbocycles. The highest BCUT2D eigenvalue weighted by Gasteiger charge is 2.36. The molecule has 0 spiro atoms. The van der Waals surface area contributed by atoms with Gasteiger partial charge >= 0.3 is 5.97 Å². The highest BCUT2D eigenvalue weighted by Crippen LogP contribution is 2.44. The molecule has 2 N–H and O–H groups in total. The first kappa shape index (κ1) is 31.3. The molecule has 3 aromatic carbocycles. The molecule has 1 aliphatic carbocycles. The zero-order valence-electron chi connectivity index (χ0n) is 25.0. The first-order valence-electron chi connectivity index (χ1n) is 14.8. The van der Waals surface area contributed by atoms with Gasteiger partial charge in [-0.2, -0.15) is 5.26 Å². The van der Waals surface area contributed by atoms with Crippen molar-refractivity contribution in [2.75, 3.05) is 13.7 Å². The molecule has 0 unspecified atom stereocenters. The minimum absolute atomic E-state index is 0.0866. The van der Waals surface area contributed by atoms with Gasteiger partial charge in [-0.3, -0.25) is 14.7 Å². The minimum atomic E-state index is -1.02. The van der Waals surface area contributed by atoms with Gasteiger partial charge in [0.2, 0.25) is 0 Å². The van der Waals surface area contributed by atoms with Crippen molar-refractivity contribution < 1.29 is 33.6 Å². The van der Waals surface area contributed by atoms with Crippen LogP contribution in [0.2, 0.25) is 5.02 Å². The fourth-order valence-electron chi connectivity index (χ4n) is 6.26. The molecule has 4 aromatic rings. The summed E-state index contributed by atoms with van der Waals surface area (Å²) in [7, 11) is 1.44. The fraction of sp³-hybridized carbons (Fsp3) is 0.286. The lowest BCUT2D eigenvalue weighted by Crippen LogP contribution is -2.35. The van der Waals surface area contributed by atoms with Crippen LogP contribution in [0.3, 0.4) is 0 Å². The summed E-state index contributed by atoms with van der Waals surface area (Å²) >= 11 is 6.78. The van der Waals surface area contributed by atoms with E-state index in [0.717, 1.165) is 16.7 Å². The monoisotopic (exact) mass is 643 g/mol. The summed E-state index contributed by atoms with van der Waals surface area (Å²) in [5, 5.41) is 29.5. The number of aliphatic hydroxyl groups is 1. The third kappa shape index (κ3) is 6.35. The Morgan fingerprint density at radius 1 is 1.13 bits per heavy atom. The zero-order chi connectivity index (χ0) is 32.4. The number of hydrogen-bond donors (Lipinski definition) is 2. The Labute approximate surface area is 270 Å². The average Bonchev–Trinajstić information content (AvgIpc) is 3.64. The number of nitriles is 1. The van der Waals surface area contributed by atoms with Crippen LogP contribution < -0.4 is 14.2 Å². The predicted molar refractivity (Wildman–Crippen MR) is 167 cm³/mol. The van der Waals surface area contributed by atoms with E-state index in [4.69, 9.17) is 25.8 Å². The second-order valence-electron chi connectivity index (χ2n) is 11.4. The maximum Gasteiger partial charge on any atom is 0.321 e. The van der Waals surface area contributed by atoms with E-state index in [-0.39, 0.29) is 38.0 Å². The van der Waals surface area contributed by atoms with E-state index in [0.29, 0.717) is 51.6 Å². The number of rotatable bonds is 10. The zero-order valence-corrected chi connectivity index (χ0v) is 25.7. The van der Waals surface area contributed by atoms with Crippen molar-refractivity contribution in [1.29, 1.82) is 5.26 Å². The molecule has 0 radical (unpaired) electrons. The number of aliphatic carboxylic acids is 1. The van der Waals surface area contributed by atoms with Gasteiger partial charge < -0.3 is 24.4 Å². The number of carboxylic acid groups (broad SMARTS) is 1. The van der Waals surface area contributed by atoms with Gasteiger partial charge in [-0.15, -0.1) is 0 Å². The molecule has 2 heterocycles. The van der Waals surface area contributed by atoms with Gasteiger partial charge in [-0.1, -0.05) is 41.9 Å². The Morgan fingerprint density at radius 3 is 2.72 bits per heavy atom. The number of β-amino-alcohol motifs (C(OH)–C–C–N with tert-alkyl or cyclic N) is 1. The number of methoxy groups -OCH3 is 1. The number of aliphatic hydroxyl groups excluding tert-OH is 1. The molecule has 46 heavy (non-hydrogen) atoms. The van der Waals surface area contributed by atoms with Gasteiger partial charge in [0, 0.05) is 54.7 Å². The number of benzene rings is 3. The number of hydrogen-bond acceptors (Lipinski definition) is 8. The third-order valence-corrected chi connectivity index (χ3v) is 8.73. The molecule has 3 atom stereocenters. The maximum absolute atomic E-state index is 15.2. The molecule has 0 bridgehead atoms. The molecule has 0 amide bonds. The molecule has 236 valence electrons. The van der Waals surface area contributed by atoms with Crippen molar-refractivity contribution in [1.82, 2.24) is 9.88 Å². The van der Waals surface area contributed by atoms with E-state index >= 15 is 4.39 Å². The van der Waals surface area contributed by atoms with Crippen molar-refractivity contribution in [3.8, 4) is 34.4 Å². The largest absolute Gasteiger partial charge is 0.494 e. The summed E-state index contributed by atoms with van der Waals surface area (Å²) in [4.78, 5) is 17.7. The highest BCUT2D eigenvalue weighted by molar-refractivity contribution is 6.32. The SMILES string of the molecule is COc1cccc(-c2cccc3c2CC[C@@H]3Oc2cc(OCc3cncc(C#N)c3)c(CN3C[C@H](O)C[C@@H]3C(=O)O)cc2Cl)c1F. The van der Waals surface area contributed by atoms with Gasteiger partial charge in [0.05, 0.1) is 23.8 Å². The molecule has 1 aliphatic heterocycles. The predicted octanol–water partition coefficient (Wildman–Crippen LogP) is 6.09. The standard InChI is InChI=1S/C35H31ClFN3O6/c1-44-31-7-3-6-27(34(31)37)24-4-2-5-26-25(24)8-9-30(26)46-33-13-32(45-19-21-10-20(14-38)15-39-16-21)22(11-28(33)36)17-40-18-23(41)12-29(40)35(42)43/h2-7,10-11,13,15-16,23,29-30,41H,8-9,12,17-19H2,1H3,(H,42,43)/t23-,29-,30+/m1/s1. The average molecular weight is 644 g/mol. The van der Waals surface area contributed by atoms with E-state index < -0.39 is 23.9 Å². The lowest BCUT2D eigenvalue weighted by Gasteiger charge is -2.24. The van der Waals surface area contributed by atoms with Gasteiger partial charge in [-0.05, 0) is 47.7 Å². The molecule has 11 heteroatoms. The van der Waals surface area contributed by atoms with E-state index in [1.54, 1.807) is 47.5 Å². The van der Waals surface area contributed by atoms with Crippen LogP contribution in [-0.4, -0.2) is 51.9 Å². The second-order valence-corrected chi connectivity index (χ2v) is 11.8. The van der Waals surface area contributed by atoms with Crippen molar-refractivity contribution in [3.05, 3.63) is 106 Å². The number of ether oxygens (including phenoxy) is 3. The van der Waals surface area contributed by atoms with E-state index in [1.165, 1.54) is 13.3 Å². The summed E-state index contributed by atoms with van der Waals surface area (Å²) in [5.74, 6) is -0.477. The Balaban J connectivity index is 1.31. The van der Waals surface area contributed by atoms with Gasteiger partial charge in [0.1, 0.15) is 36.3 Å². The molecule has 2 aliphatic rings. The van der Waals surface area contributed by atoms with Crippen LogP contribution >= 0.6 is 11.6 Å². The molecular formula is C35H31ClFN3O6. The minimum Gasteiger partial charge on any atom is -0.494 e. The lowest BCUT2D eigenvalue weighted by atomic mass is 9.96. The maximum atomic E-state index is 15.2.